The Kier molecular flexibility index (Phi) is 7.76. The summed E-state index contributed by atoms with van der Waals surface area (Å²) in [6.07, 6.45) is -0.659. The molecule has 138 valence electrons. The molecular formula is C19H21ClN2O4. The molecule has 2 N–H and O–H groups in total. The van der Waals surface area contributed by atoms with Gasteiger partial charge in [0, 0.05) is 18.1 Å². The molecule has 6 nitrogen and oxygen atoms in total. The summed E-state index contributed by atoms with van der Waals surface area (Å²) < 4.78 is 10.8. The van der Waals surface area contributed by atoms with Crippen LogP contribution in [0.25, 0.3) is 0 Å². The van der Waals surface area contributed by atoms with E-state index in [4.69, 9.17) is 21.1 Å². The average Bonchev–Trinajstić information content (AvgIpc) is 2.66. The minimum atomic E-state index is -0.659. The van der Waals surface area contributed by atoms with Crippen molar-refractivity contribution in [3.05, 3.63) is 59.6 Å². The molecule has 0 aliphatic rings. The number of carbonyl (C=O) groups excluding carboxylic acids is 2. The van der Waals surface area contributed by atoms with E-state index < -0.39 is 6.10 Å². The van der Waals surface area contributed by atoms with Gasteiger partial charge in [-0.3, -0.25) is 9.59 Å². The largest absolute Gasteiger partial charge is 0.484 e. The van der Waals surface area contributed by atoms with E-state index in [1.54, 1.807) is 43.3 Å². The summed E-state index contributed by atoms with van der Waals surface area (Å²) >= 11 is 5.80. The highest BCUT2D eigenvalue weighted by Gasteiger charge is 2.14. The highest BCUT2D eigenvalue weighted by molar-refractivity contribution is 6.30. The lowest BCUT2D eigenvalue weighted by Gasteiger charge is -2.15. The Hall–Kier alpha value is -2.73. The molecule has 0 saturated heterocycles. The van der Waals surface area contributed by atoms with Crippen molar-refractivity contribution in [2.75, 3.05) is 19.7 Å². The summed E-state index contributed by atoms with van der Waals surface area (Å²) in [5.74, 6) is 0.663. The third-order valence-electron chi connectivity index (χ3n) is 3.36. The Morgan fingerprint density at radius 3 is 2.31 bits per heavy atom. The van der Waals surface area contributed by atoms with E-state index in [1.165, 1.54) is 0 Å². The zero-order valence-corrected chi connectivity index (χ0v) is 15.2. The summed E-state index contributed by atoms with van der Waals surface area (Å²) in [5, 5.41) is 5.97. The summed E-state index contributed by atoms with van der Waals surface area (Å²) in [6.45, 7) is 2.17. The van der Waals surface area contributed by atoms with Gasteiger partial charge in [-0.1, -0.05) is 29.8 Å². The van der Waals surface area contributed by atoms with Crippen LogP contribution in [0.2, 0.25) is 5.02 Å². The van der Waals surface area contributed by atoms with Gasteiger partial charge in [0.05, 0.1) is 0 Å². The molecule has 0 heterocycles. The van der Waals surface area contributed by atoms with Crippen molar-refractivity contribution in [3.8, 4) is 11.5 Å². The van der Waals surface area contributed by atoms with Gasteiger partial charge in [-0.2, -0.15) is 0 Å². The second kappa shape index (κ2) is 10.3. The molecule has 0 aromatic heterocycles. The van der Waals surface area contributed by atoms with Gasteiger partial charge in [-0.05, 0) is 43.3 Å². The Labute approximate surface area is 157 Å². The van der Waals surface area contributed by atoms with E-state index in [-0.39, 0.29) is 18.4 Å². The molecule has 2 aromatic rings. The molecule has 0 saturated carbocycles. The van der Waals surface area contributed by atoms with Crippen molar-refractivity contribution in [3.63, 3.8) is 0 Å². The van der Waals surface area contributed by atoms with Crippen molar-refractivity contribution >= 4 is 23.4 Å². The lowest BCUT2D eigenvalue weighted by Crippen LogP contribution is -2.41. The van der Waals surface area contributed by atoms with Crippen LogP contribution < -0.4 is 20.1 Å². The molecule has 0 fully saturated rings. The Bertz CT molecular complexity index is 707. The van der Waals surface area contributed by atoms with Crippen LogP contribution in [-0.4, -0.2) is 37.6 Å². The molecule has 1 unspecified atom stereocenters. The van der Waals surface area contributed by atoms with E-state index in [2.05, 4.69) is 10.6 Å². The predicted molar refractivity (Wildman–Crippen MR) is 99.5 cm³/mol. The number of para-hydroxylation sites is 1. The molecule has 2 aromatic carbocycles. The van der Waals surface area contributed by atoms with Gasteiger partial charge >= 0.3 is 0 Å². The van der Waals surface area contributed by atoms with Gasteiger partial charge in [0.15, 0.2) is 12.7 Å². The number of carbonyl (C=O) groups is 2. The van der Waals surface area contributed by atoms with Crippen LogP contribution in [0.15, 0.2) is 54.6 Å². The Balaban J connectivity index is 1.60. The maximum absolute atomic E-state index is 12.0. The fraction of sp³-hybridized carbons (Fsp3) is 0.263. The minimum Gasteiger partial charge on any atom is -0.484 e. The van der Waals surface area contributed by atoms with Crippen LogP contribution in [0.1, 0.15) is 6.92 Å². The highest BCUT2D eigenvalue weighted by atomic mass is 35.5. The number of rotatable bonds is 9. The molecule has 2 amide bonds. The molecule has 7 heteroatoms. The van der Waals surface area contributed by atoms with Crippen molar-refractivity contribution < 1.29 is 19.1 Å². The lowest BCUT2D eigenvalue weighted by atomic mass is 10.3. The second-order valence-electron chi connectivity index (χ2n) is 5.46. The summed E-state index contributed by atoms with van der Waals surface area (Å²) in [5.41, 5.74) is 0. The van der Waals surface area contributed by atoms with Crippen LogP contribution in [-0.2, 0) is 9.59 Å². The number of benzene rings is 2. The van der Waals surface area contributed by atoms with Crippen LogP contribution in [0.4, 0.5) is 0 Å². The van der Waals surface area contributed by atoms with Crippen molar-refractivity contribution in [2.45, 2.75) is 13.0 Å². The van der Waals surface area contributed by atoms with E-state index in [0.717, 1.165) is 0 Å². The van der Waals surface area contributed by atoms with Gasteiger partial charge in [-0.15, -0.1) is 0 Å². The molecule has 0 aliphatic heterocycles. The number of hydrogen-bond donors (Lipinski definition) is 2. The predicted octanol–water partition coefficient (Wildman–Crippen LogP) is 2.42. The lowest BCUT2D eigenvalue weighted by molar-refractivity contribution is -0.127. The van der Waals surface area contributed by atoms with Gasteiger partial charge in [0.25, 0.3) is 11.8 Å². The summed E-state index contributed by atoms with van der Waals surface area (Å²) in [7, 11) is 0. The maximum Gasteiger partial charge on any atom is 0.260 e. The first-order chi connectivity index (χ1) is 12.5. The van der Waals surface area contributed by atoms with Gasteiger partial charge in [0.1, 0.15) is 11.5 Å². The number of halogens is 1. The van der Waals surface area contributed by atoms with E-state index in [0.29, 0.717) is 29.6 Å². The molecule has 0 aliphatic carbocycles. The molecule has 2 rings (SSSR count). The van der Waals surface area contributed by atoms with Gasteiger partial charge in [0.2, 0.25) is 0 Å². The summed E-state index contributed by atoms with van der Waals surface area (Å²) in [6, 6.07) is 15.8. The standard InChI is InChI=1S/C19H21ClN2O4/c1-14(26-17-9-7-15(20)8-10-17)19(24)22-12-11-21-18(23)13-25-16-5-3-2-4-6-16/h2-10,14H,11-13H2,1H3,(H,21,23)(H,22,24). The fourth-order valence-corrected chi connectivity index (χ4v) is 2.14. The number of amides is 2. The average molecular weight is 377 g/mol. The molecule has 0 bridgehead atoms. The van der Waals surface area contributed by atoms with Crippen molar-refractivity contribution in [1.82, 2.24) is 10.6 Å². The van der Waals surface area contributed by atoms with Crippen LogP contribution >= 0.6 is 11.6 Å². The van der Waals surface area contributed by atoms with Crippen LogP contribution in [0.5, 0.6) is 11.5 Å². The molecule has 0 radical (unpaired) electrons. The zero-order chi connectivity index (χ0) is 18.8. The topological polar surface area (TPSA) is 76.7 Å². The van der Waals surface area contributed by atoms with E-state index in [9.17, 15) is 9.59 Å². The first-order valence-electron chi connectivity index (χ1n) is 8.19. The zero-order valence-electron chi connectivity index (χ0n) is 14.4. The van der Waals surface area contributed by atoms with Crippen molar-refractivity contribution in [1.29, 1.82) is 0 Å². The van der Waals surface area contributed by atoms with E-state index in [1.807, 2.05) is 18.2 Å². The number of ether oxygens (including phenoxy) is 2. The minimum absolute atomic E-state index is 0.0754. The number of hydrogen-bond acceptors (Lipinski definition) is 4. The first-order valence-corrected chi connectivity index (χ1v) is 8.57. The normalized spacial score (nSPS) is 11.3. The quantitative estimate of drug-likeness (QED) is 0.659. The van der Waals surface area contributed by atoms with Gasteiger partial charge in [-0.25, -0.2) is 0 Å². The Morgan fingerprint density at radius 1 is 0.962 bits per heavy atom. The third-order valence-corrected chi connectivity index (χ3v) is 3.61. The smallest absolute Gasteiger partial charge is 0.260 e. The monoisotopic (exact) mass is 376 g/mol. The SMILES string of the molecule is CC(Oc1ccc(Cl)cc1)C(=O)NCCNC(=O)COc1ccccc1. The molecule has 1 atom stereocenters. The van der Waals surface area contributed by atoms with Crippen LogP contribution in [0.3, 0.4) is 0 Å². The third kappa shape index (κ3) is 7.03. The highest BCUT2D eigenvalue weighted by Crippen LogP contribution is 2.16. The van der Waals surface area contributed by atoms with E-state index >= 15 is 0 Å². The number of nitrogens with one attached hydrogen (secondary N) is 2. The maximum atomic E-state index is 12.0. The molecule has 26 heavy (non-hydrogen) atoms. The first kappa shape index (κ1) is 19.6. The van der Waals surface area contributed by atoms with Crippen LogP contribution in [0, 0.1) is 0 Å². The van der Waals surface area contributed by atoms with Gasteiger partial charge < -0.3 is 20.1 Å². The second-order valence-corrected chi connectivity index (χ2v) is 5.89. The fourth-order valence-electron chi connectivity index (χ4n) is 2.02. The summed E-state index contributed by atoms with van der Waals surface area (Å²) in [4.78, 5) is 23.6. The Morgan fingerprint density at radius 2 is 1.62 bits per heavy atom. The van der Waals surface area contributed by atoms with Crippen molar-refractivity contribution in [2.24, 2.45) is 0 Å². The molecular weight excluding hydrogens is 356 g/mol. The molecule has 0 spiro atoms.